The number of nitrogens with zero attached hydrogens (tertiary/aromatic N) is 1. The molecule has 0 amide bonds. The van der Waals surface area contributed by atoms with Gasteiger partial charge in [0.2, 0.25) is 0 Å². The lowest BCUT2D eigenvalue weighted by Crippen LogP contribution is -2.64. The Balaban J connectivity index is 1.04. The zero-order valence-corrected chi connectivity index (χ0v) is 33.1. The van der Waals surface area contributed by atoms with Crippen LogP contribution >= 0.6 is 0 Å². The van der Waals surface area contributed by atoms with E-state index in [0.717, 1.165) is 102 Å². The third-order valence-electron chi connectivity index (χ3n) is 13.5. The molecule has 6 aliphatic heterocycles. The van der Waals surface area contributed by atoms with Gasteiger partial charge in [0.15, 0.2) is 0 Å². The van der Waals surface area contributed by atoms with Crippen molar-refractivity contribution in [1.82, 2.24) is 0 Å². The molecule has 0 unspecified atom stereocenters. The van der Waals surface area contributed by atoms with E-state index < -0.39 is 0 Å². The molecule has 0 spiro atoms. The Kier molecular flexibility index (Phi) is 6.25. The molecule has 0 atom stereocenters. The van der Waals surface area contributed by atoms with Gasteiger partial charge >= 0.3 is 0 Å². The molecule has 0 aliphatic carbocycles. The summed E-state index contributed by atoms with van der Waals surface area (Å²) in [6.45, 7) is 6.41. The van der Waals surface area contributed by atoms with E-state index in [2.05, 4.69) is 164 Å². The van der Waals surface area contributed by atoms with Crippen molar-refractivity contribution in [2.45, 2.75) is 20.8 Å². The SMILES string of the molecule is Cc1cc(C)c(N2c3cc4c(cc3B3c5ccccc5Oc5cccc2c53)B2c3cc5c(cc3Oc3cccc(c32)O4)Nc2cccc3c2B5c2ccccc2O3)c(C)c1. The Bertz CT molecular complexity index is 3270. The van der Waals surface area contributed by atoms with Gasteiger partial charge in [-0.3, -0.25) is 0 Å². The molecule has 6 nitrogen and oxygen atoms in total. The average Bonchev–Trinajstić information content (AvgIpc) is 3.25. The van der Waals surface area contributed by atoms with E-state index >= 15 is 0 Å². The number of anilines is 5. The van der Waals surface area contributed by atoms with Gasteiger partial charge in [0.05, 0.1) is 5.69 Å². The molecular weight excluding hydrogens is 737 g/mol. The smallest absolute Gasteiger partial charge is 0.260 e. The molecule has 0 saturated carbocycles. The quantitative estimate of drug-likeness (QED) is 0.195. The molecule has 0 fully saturated rings. The van der Waals surface area contributed by atoms with Crippen LogP contribution in [0.5, 0.6) is 46.0 Å². The van der Waals surface area contributed by atoms with Gasteiger partial charge in [-0.1, -0.05) is 84.4 Å². The van der Waals surface area contributed by atoms with E-state index in [1.54, 1.807) is 0 Å². The predicted molar refractivity (Wildman–Crippen MR) is 245 cm³/mol. The highest BCUT2D eigenvalue weighted by atomic mass is 16.5. The Labute approximate surface area is 348 Å². The predicted octanol–water partition coefficient (Wildman–Crippen LogP) is 6.42. The van der Waals surface area contributed by atoms with Gasteiger partial charge in [0.1, 0.15) is 46.0 Å². The normalized spacial score (nSPS) is 14.4. The molecule has 8 aromatic carbocycles. The number of ether oxygens (including phenoxy) is 4. The van der Waals surface area contributed by atoms with Crippen molar-refractivity contribution in [1.29, 1.82) is 0 Å². The number of para-hydroxylation sites is 2. The number of aryl methyl sites for hydroxylation is 3. The minimum absolute atomic E-state index is 0.00889. The maximum absolute atomic E-state index is 7.05. The van der Waals surface area contributed by atoms with Crippen molar-refractivity contribution in [3.05, 3.63) is 156 Å². The number of hydrogen-bond acceptors (Lipinski definition) is 6. The second-order valence-corrected chi connectivity index (χ2v) is 17.0. The maximum atomic E-state index is 7.05. The van der Waals surface area contributed by atoms with Crippen LogP contribution in [-0.2, 0) is 0 Å². The first-order valence-electron chi connectivity index (χ1n) is 20.8. The summed E-state index contributed by atoms with van der Waals surface area (Å²) in [7, 11) is 0. The van der Waals surface area contributed by atoms with Crippen LogP contribution in [-0.4, -0.2) is 20.1 Å². The van der Waals surface area contributed by atoms with Gasteiger partial charge in [-0.15, -0.1) is 0 Å². The Morgan fingerprint density at radius 1 is 0.383 bits per heavy atom. The van der Waals surface area contributed by atoms with Crippen LogP contribution in [0.1, 0.15) is 16.7 Å². The van der Waals surface area contributed by atoms with Gasteiger partial charge < -0.3 is 29.2 Å². The maximum Gasteiger partial charge on any atom is 0.260 e. The molecular formula is C51H33B3N2O4. The molecule has 280 valence electrons. The van der Waals surface area contributed by atoms with E-state index in [0.29, 0.717) is 0 Å². The third-order valence-corrected chi connectivity index (χ3v) is 13.5. The fourth-order valence-electron chi connectivity index (χ4n) is 11.3. The van der Waals surface area contributed by atoms with Crippen molar-refractivity contribution in [3.63, 3.8) is 0 Å². The topological polar surface area (TPSA) is 52.2 Å². The second-order valence-electron chi connectivity index (χ2n) is 17.0. The molecule has 9 heteroatoms. The summed E-state index contributed by atoms with van der Waals surface area (Å²) in [6, 6.07) is 49.9. The van der Waals surface area contributed by atoms with Crippen LogP contribution in [0.4, 0.5) is 28.4 Å². The van der Waals surface area contributed by atoms with Crippen molar-refractivity contribution < 1.29 is 18.9 Å². The first kappa shape index (κ1) is 32.7. The fourth-order valence-corrected chi connectivity index (χ4v) is 11.3. The van der Waals surface area contributed by atoms with Gasteiger partial charge in [-0.05, 0) is 124 Å². The summed E-state index contributed by atoms with van der Waals surface area (Å²) in [5.74, 6) is 6.90. The van der Waals surface area contributed by atoms with Crippen molar-refractivity contribution in [2.24, 2.45) is 0 Å². The fraction of sp³-hybridized carbons (Fsp3) is 0.0588. The third kappa shape index (κ3) is 4.21. The highest BCUT2D eigenvalue weighted by molar-refractivity contribution is 7.03. The van der Waals surface area contributed by atoms with Crippen LogP contribution in [0, 0.1) is 20.8 Å². The van der Waals surface area contributed by atoms with Crippen LogP contribution < -0.4 is 78.3 Å². The van der Waals surface area contributed by atoms with Gasteiger partial charge in [0.25, 0.3) is 20.1 Å². The molecule has 14 rings (SSSR count). The Morgan fingerprint density at radius 3 is 1.60 bits per heavy atom. The highest BCUT2D eigenvalue weighted by Gasteiger charge is 2.47. The summed E-state index contributed by atoms with van der Waals surface area (Å²) in [6.07, 6.45) is 0. The first-order chi connectivity index (χ1) is 29.5. The minimum atomic E-state index is -0.144. The molecule has 0 aromatic heterocycles. The number of benzene rings is 8. The summed E-state index contributed by atoms with van der Waals surface area (Å²) in [4.78, 5) is 2.46. The summed E-state index contributed by atoms with van der Waals surface area (Å²) < 4.78 is 27.2. The van der Waals surface area contributed by atoms with Gasteiger partial charge in [-0.25, -0.2) is 0 Å². The lowest BCUT2D eigenvalue weighted by atomic mass is 9.30. The van der Waals surface area contributed by atoms with Crippen LogP contribution in [0.3, 0.4) is 0 Å². The molecule has 1 N–H and O–H groups in total. The van der Waals surface area contributed by atoms with E-state index in [1.165, 1.54) is 38.8 Å². The largest absolute Gasteiger partial charge is 0.458 e. The second kappa shape index (κ2) is 11.5. The Morgan fingerprint density at radius 2 is 0.900 bits per heavy atom. The van der Waals surface area contributed by atoms with Crippen LogP contribution in [0.25, 0.3) is 0 Å². The van der Waals surface area contributed by atoms with Crippen LogP contribution in [0.2, 0.25) is 0 Å². The average molecular weight is 770 g/mol. The number of hydrogen-bond donors (Lipinski definition) is 1. The van der Waals surface area contributed by atoms with Crippen molar-refractivity contribution in [2.75, 3.05) is 10.2 Å². The minimum Gasteiger partial charge on any atom is -0.458 e. The van der Waals surface area contributed by atoms with E-state index in [-0.39, 0.29) is 20.1 Å². The van der Waals surface area contributed by atoms with E-state index in [1.807, 2.05) is 6.07 Å². The lowest BCUT2D eigenvalue weighted by molar-refractivity contribution is 0.465. The van der Waals surface area contributed by atoms with E-state index in [9.17, 15) is 0 Å². The monoisotopic (exact) mass is 770 g/mol. The summed E-state index contributed by atoms with van der Waals surface area (Å²) in [5, 5.41) is 3.78. The lowest BCUT2D eigenvalue weighted by Gasteiger charge is -2.42. The van der Waals surface area contributed by atoms with Crippen molar-refractivity contribution >= 4 is 97.7 Å². The molecule has 6 heterocycles. The first-order valence-corrected chi connectivity index (χ1v) is 20.8. The highest BCUT2D eigenvalue weighted by Crippen LogP contribution is 2.45. The number of nitrogens with one attached hydrogen (secondary N) is 1. The standard InChI is InChI=1S/C51H33B3N2O4/c1-27-21-28(2)51(29(3)22-27)56-38-14-9-18-43-49(38)53(31-12-5-7-16-41(31)58-43)33-24-35-47(26-39(33)56)60-45-20-10-19-44-50(45)54(35)34-23-32-37(25-46(34)59-44)55-36-13-8-17-42-48(36)52(32)30-11-4-6-15-40(30)57-42/h4-26,55H,1-3H3. The van der Waals surface area contributed by atoms with Crippen LogP contribution in [0.15, 0.2) is 140 Å². The zero-order valence-electron chi connectivity index (χ0n) is 33.1. The summed E-state index contributed by atoms with van der Waals surface area (Å²) in [5.41, 5.74) is 19.6. The van der Waals surface area contributed by atoms with Crippen molar-refractivity contribution in [3.8, 4) is 46.0 Å². The molecule has 8 aromatic rings. The number of fused-ring (bicyclic) bond motifs is 12. The molecule has 6 aliphatic rings. The van der Waals surface area contributed by atoms with E-state index in [4.69, 9.17) is 18.9 Å². The Hall–Kier alpha value is -7.25. The molecule has 0 bridgehead atoms. The van der Waals surface area contributed by atoms with Gasteiger partial charge in [0, 0.05) is 40.3 Å². The molecule has 60 heavy (non-hydrogen) atoms. The summed E-state index contributed by atoms with van der Waals surface area (Å²) >= 11 is 0. The molecule has 0 radical (unpaired) electrons. The zero-order chi connectivity index (χ0) is 39.5. The van der Waals surface area contributed by atoms with Gasteiger partial charge in [-0.2, -0.15) is 0 Å². The molecule has 0 saturated heterocycles. The number of rotatable bonds is 1.